The van der Waals surface area contributed by atoms with Gasteiger partial charge in [-0.3, -0.25) is 8.80 Å². The first-order chi connectivity index (χ1) is 29.3. The molecule has 5 heteroatoms. The molecule has 0 amide bonds. The molecule has 0 aliphatic heterocycles. The minimum Gasteiger partial charge on any atom is -0.309 e. The van der Waals surface area contributed by atoms with Gasteiger partial charge in [0.25, 0.3) is 0 Å². The van der Waals surface area contributed by atoms with Gasteiger partial charge in [-0.05, 0) is 75.6 Å². The first-order valence-electron chi connectivity index (χ1n) is 20.3. The van der Waals surface area contributed by atoms with Gasteiger partial charge >= 0.3 is 0 Å². The lowest BCUT2D eigenvalue weighted by atomic mass is 9.95. The molecule has 0 atom stereocenters. The predicted octanol–water partition coefficient (Wildman–Crippen LogP) is 13.8. The number of para-hydroxylation sites is 4. The van der Waals surface area contributed by atoms with Crippen LogP contribution in [0.1, 0.15) is 0 Å². The van der Waals surface area contributed by atoms with Crippen LogP contribution in [-0.2, 0) is 0 Å². The van der Waals surface area contributed by atoms with Crippen LogP contribution in [0.3, 0.4) is 0 Å². The van der Waals surface area contributed by atoms with Gasteiger partial charge in [-0.25, -0.2) is 9.97 Å². The lowest BCUT2D eigenvalue weighted by molar-refractivity contribution is 1.18. The van der Waals surface area contributed by atoms with Gasteiger partial charge in [0.1, 0.15) is 11.0 Å². The fourth-order valence-electron chi connectivity index (χ4n) is 10.9. The second-order valence-electron chi connectivity index (χ2n) is 16.1. The molecule has 5 nitrogen and oxygen atoms in total. The van der Waals surface area contributed by atoms with Crippen molar-refractivity contribution < 1.29 is 0 Å². The zero-order chi connectivity index (χ0) is 38.1. The molecule has 0 saturated heterocycles. The Morgan fingerprint density at radius 3 is 1.78 bits per heavy atom. The topological polar surface area (TPSA) is 39.5 Å². The molecule has 59 heavy (non-hydrogen) atoms. The fourth-order valence-corrected chi connectivity index (χ4v) is 10.9. The van der Waals surface area contributed by atoms with E-state index in [0.717, 1.165) is 49.8 Å². The standard InChI is InChI=1S/C54H29N5/c1-2-15-33(16-3-1)57-43-23-10-8-19-36(43)41-28-32(25-26-45(41)57)40-27-30-13-4-6-17-34(30)46-38-21-12-22-39-48-53(59(50(38)39)51(40)46)56-49-47-35-18-7-5-14-31(35)29-42-37-20-9-11-24-44(37)58(52(42)47)54(49)55-48/h1-29H. The van der Waals surface area contributed by atoms with Crippen LogP contribution in [0.15, 0.2) is 176 Å². The molecule has 6 heterocycles. The van der Waals surface area contributed by atoms with E-state index in [9.17, 15) is 0 Å². The maximum atomic E-state index is 5.78. The molecule has 0 radical (unpaired) electrons. The molecule has 0 saturated carbocycles. The minimum absolute atomic E-state index is 0.888. The van der Waals surface area contributed by atoms with Gasteiger partial charge in [0.05, 0.1) is 33.1 Å². The second-order valence-corrected chi connectivity index (χ2v) is 16.1. The molecular formula is C54H29N5. The van der Waals surface area contributed by atoms with Crippen molar-refractivity contribution in [1.29, 1.82) is 0 Å². The summed E-state index contributed by atoms with van der Waals surface area (Å²) in [6, 6.07) is 64.2. The number of nitrogens with zero attached hydrogens (tertiary/aromatic N) is 5. The van der Waals surface area contributed by atoms with Gasteiger partial charge in [-0.1, -0.05) is 127 Å². The molecule has 6 aromatic heterocycles. The van der Waals surface area contributed by atoms with Crippen LogP contribution < -0.4 is 0 Å². The molecule has 15 rings (SSSR count). The zero-order valence-corrected chi connectivity index (χ0v) is 31.5. The molecule has 270 valence electrons. The summed E-state index contributed by atoms with van der Waals surface area (Å²) in [5, 5.41) is 14.6. The number of aromatic nitrogens is 5. The molecular weight excluding hydrogens is 719 g/mol. The lowest BCUT2D eigenvalue weighted by Gasteiger charge is -2.11. The van der Waals surface area contributed by atoms with Gasteiger partial charge in [-0.2, -0.15) is 0 Å². The van der Waals surface area contributed by atoms with Crippen LogP contribution >= 0.6 is 0 Å². The maximum absolute atomic E-state index is 5.78. The highest BCUT2D eigenvalue weighted by molar-refractivity contribution is 6.33. The summed E-state index contributed by atoms with van der Waals surface area (Å²) in [6.07, 6.45) is 0. The van der Waals surface area contributed by atoms with E-state index in [-0.39, 0.29) is 0 Å². The minimum atomic E-state index is 0.888. The molecule has 0 aliphatic carbocycles. The third kappa shape index (κ3) is 3.59. The zero-order valence-electron chi connectivity index (χ0n) is 31.5. The highest BCUT2D eigenvalue weighted by atomic mass is 15.1. The van der Waals surface area contributed by atoms with Gasteiger partial charge in [0.2, 0.25) is 0 Å². The van der Waals surface area contributed by atoms with E-state index in [1.54, 1.807) is 0 Å². The molecule has 0 spiro atoms. The van der Waals surface area contributed by atoms with E-state index in [1.807, 2.05) is 0 Å². The number of hydrogen-bond acceptors (Lipinski definition) is 2. The normalized spacial score (nSPS) is 12.7. The van der Waals surface area contributed by atoms with Gasteiger partial charge in [-0.15, -0.1) is 0 Å². The van der Waals surface area contributed by atoms with Crippen molar-refractivity contribution in [2.75, 3.05) is 0 Å². The van der Waals surface area contributed by atoms with Gasteiger partial charge in [0, 0.05) is 54.3 Å². The Hall–Kier alpha value is -8.02. The Morgan fingerprint density at radius 1 is 0.339 bits per heavy atom. The Labute approximate surface area is 334 Å². The van der Waals surface area contributed by atoms with Crippen molar-refractivity contribution >= 4 is 120 Å². The Balaban J connectivity index is 1.13. The molecule has 15 aromatic rings. The average Bonchev–Trinajstić information content (AvgIpc) is 4.08. The summed E-state index contributed by atoms with van der Waals surface area (Å²) < 4.78 is 7.19. The van der Waals surface area contributed by atoms with E-state index >= 15 is 0 Å². The van der Waals surface area contributed by atoms with Gasteiger partial charge < -0.3 is 4.57 Å². The van der Waals surface area contributed by atoms with Crippen LogP contribution in [0.25, 0.3) is 137 Å². The van der Waals surface area contributed by atoms with Gasteiger partial charge in [0.15, 0.2) is 11.3 Å². The summed E-state index contributed by atoms with van der Waals surface area (Å²) in [7, 11) is 0. The van der Waals surface area contributed by atoms with Crippen molar-refractivity contribution in [3.05, 3.63) is 176 Å². The summed E-state index contributed by atoms with van der Waals surface area (Å²) in [5.41, 5.74) is 14.2. The quantitative estimate of drug-likeness (QED) is 0.177. The SMILES string of the molecule is c1ccc(-n2c3ccccc3c3cc(-c4cc5ccccc5c5c6cccc7c8nc9c(nc8n(c45)c76)c4c5ccccc5cc5c6ccccc6n9c54)ccc32)cc1. The Bertz CT molecular complexity index is 4300. The average molecular weight is 748 g/mol. The number of fused-ring (bicyclic) bond motifs is 19. The number of rotatable bonds is 2. The van der Waals surface area contributed by atoms with E-state index in [4.69, 9.17) is 9.97 Å². The Kier molecular flexibility index (Phi) is 5.36. The number of benzene rings is 9. The molecule has 0 aliphatic rings. The molecule has 0 unspecified atom stereocenters. The maximum Gasteiger partial charge on any atom is 0.165 e. The second kappa shape index (κ2) is 10.5. The lowest BCUT2D eigenvalue weighted by Crippen LogP contribution is -1.93. The van der Waals surface area contributed by atoms with Crippen LogP contribution in [0.4, 0.5) is 0 Å². The molecule has 9 aromatic carbocycles. The third-order valence-corrected chi connectivity index (χ3v) is 13.2. The third-order valence-electron chi connectivity index (χ3n) is 13.2. The summed E-state index contributed by atoms with van der Waals surface area (Å²) in [6.45, 7) is 0. The predicted molar refractivity (Wildman–Crippen MR) is 246 cm³/mol. The van der Waals surface area contributed by atoms with E-state index in [2.05, 4.69) is 189 Å². The first-order valence-corrected chi connectivity index (χ1v) is 20.3. The van der Waals surface area contributed by atoms with Crippen LogP contribution in [0.5, 0.6) is 0 Å². The smallest absolute Gasteiger partial charge is 0.165 e. The highest BCUT2D eigenvalue weighted by Crippen LogP contribution is 2.48. The monoisotopic (exact) mass is 747 g/mol. The first kappa shape index (κ1) is 30.2. The van der Waals surface area contributed by atoms with E-state index in [1.165, 1.54) is 87.1 Å². The summed E-state index contributed by atoms with van der Waals surface area (Å²) in [5.74, 6) is 0. The van der Waals surface area contributed by atoms with Crippen molar-refractivity contribution in [2.45, 2.75) is 0 Å². The summed E-state index contributed by atoms with van der Waals surface area (Å²) in [4.78, 5) is 11.5. The van der Waals surface area contributed by atoms with E-state index in [0.29, 0.717) is 0 Å². The highest BCUT2D eigenvalue weighted by Gasteiger charge is 2.27. The molecule has 0 fully saturated rings. The largest absolute Gasteiger partial charge is 0.309 e. The van der Waals surface area contributed by atoms with Crippen LogP contribution in [0.2, 0.25) is 0 Å². The van der Waals surface area contributed by atoms with Crippen molar-refractivity contribution in [2.24, 2.45) is 0 Å². The fraction of sp³-hybridized carbons (Fsp3) is 0. The number of hydrogen-bond donors (Lipinski definition) is 0. The van der Waals surface area contributed by atoms with Crippen molar-refractivity contribution in [3.8, 4) is 16.8 Å². The summed E-state index contributed by atoms with van der Waals surface area (Å²) >= 11 is 0. The van der Waals surface area contributed by atoms with Crippen molar-refractivity contribution in [1.82, 2.24) is 23.3 Å². The van der Waals surface area contributed by atoms with Crippen molar-refractivity contribution in [3.63, 3.8) is 0 Å². The molecule has 0 N–H and O–H groups in total. The van der Waals surface area contributed by atoms with Crippen LogP contribution in [-0.4, -0.2) is 23.3 Å². The van der Waals surface area contributed by atoms with Crippen LogP contribution in [0, 0.1) is 0 Å². The molecule has 0 bridgehead atoms. The Morgan fingerprint density at radius 2 is 0.949 bits per heavy atom. The van der Waals surface area contributed by atoms with E-state index < -0.39 is 0 Å².